The maximum Gasteiger partial charge on any atom is 0.345 e. The van der Waals surface area contributed by atoms with Crippen LogP contribution in [0.3, 0.4) is 0 Å². The summed E-state index contributed by atoms with van der Waals surface area (Å²) in [5.74, 6) is 0.121. The van der Waals surface area contributed by atoms with E-state index in [1.807, 2.05) is 41.1 Å². The fraction of sp³-hybridized carbons (Fsp3) is 0.0952. The van der Waals surface area contributed by atoms with E-state index in [1.165, 1.54) is 17.6 Å². The number of aromatic hydroxyl groups is 1. The molecule has 0 aliphatic carbocycles. The highest BCUT2D eigenvalue weighted by Gasteiger charge is 2.13. The summed E-state index contributed by atoms with van der Waals surface area (Å²) >= 11 is 4.75. The van der Waals surface area contributed by atoms with Gasteiger partial charge in [0.2, 0.25) is 4.80 Å². The molecule has 0 fully saturated rings. The molecule has 0 bridgehead atoms. The molecule has 2 aromatic carbocycles. The number of thiazole rings is 1. The van der Waals surface area contributed by atoms with Crippen molar-refractivity contribution in [3.05, 3.63) is 79.2 Å². The molecule has 6 nitrogen and oxygen atoms in total. The molecule has 2 aromatic heterocycles. The highest BCUT2D eigenvalue weighted by molar-refractivity contribution is 9.10. The van der Waals surface area contributed by atoms with E-state index in [0.29, 0.717) is 28.1 Å². The molecule has 146 valence electrons. The van der Waals surface area contributed by atoms with Crippen LogP contribution in [-0.4, -0.2) is 15.9 Å². The number of halogens is 1. The van der Waals surface area contributed by atoms with Crippen LogP contribution in [0, 0.1) is 0 Å². The Morgan fingerprint density at radius 1 is 1.24 bits per heavy atom. The van der Waals surface area contributed by atoms with Gasteiger partial charge in [-0.05, 0) is 37.3 Å². The summed E-state index contributed by atoms with van der Waals surface area (Å²) in [5, 5.41) is 21.0. The standard InChI is InChI=1S/C21H16BrN3O3S/c1-2-25-17(16-10-13-5-3-4-6-19(13)28-20(16)27)12-29-21(25)24-23-11-14-9-15(22)7-8-18(14)26/h3-12,26H,2H2,1H3/b23-11+,24-21-. The van der Waals surface area contributed by atoms with Gasteiger partial charge in [-0.15, -0.1) is 16.4 Å². The van der Waals surface area contributed by atoms with Crippen LogP contribution in [-0.2, 0) is 6.54 Å². The van der Waals surface area contributed by atoms with E-state index >= 15 is 0 Å². The Labute approximate surface area is 178 Å². The molecule has 29 heavy (non-hydrogen) atoms. The van der Waals surface area contributed by atoms with Crippen LogP contribution < -0.4 is 10.4 Å². The first kappa shape index (κ1) is 19.4. The lowest BCUT2D eigenvalue weighted by molar-refractivity contribution is 0.474. The van der Waals surface area contributed by atoms with Crippen molar-refractivity contribution in [1.29, 1.82) is 0 Å². The minimum atomic E-state index is -0.391. The molecule has 0 unspecified atom stereocenters. The average Bonchev–Trinajstić information content (AvgIpc) is 3.12. The molecule has 0 saturated carbocycles. The van der Waals surface area contributed by atoms with E-state index in [2.05, 4.69) is 26.1 Å². The van der Waals surface area contributed by atoms with Crippen LogP contribution in [0.2, 0.25) is 0 Å². The molecule has 0 spiro atoms. The molecule has 2 heterocycles. The SMILES string of the molecule is CCn1c(-c2cc3ccccc3oc2=O)cs/c1=N\N=C\c1cc(Br)ccc1O. The number of benzene rings is 2. The second kappa shape index (κ2) is 8.18. The first-order valence-corrected chi connectivity index (χ1v) is 10.5. The van der Waals surface area contributed by atoms with Crippen LogP contribution >= 0.6 is 27.3 Å². The van der Waals surface area contributed by atoms with Crippen molar-refractivity contribution in [2.45, 2.75) is 13.5 Å². The molecular formula is C21H16BrN3O3S. The van der Waals surface area contributed by atoms with E-state index in [-0.39, 0.29) is 5.75 Å². The van der Waals surface area contributed by atoms with E-state index in [0.717, 1.165) is 15.6 Å². The third-order valence-electron chi connectivity index (χ3n) is 4.36. The van der Waals surface area contributed by atoms with Gasteiger partial charge in [0.15, 0.2) is 0 Å². The number of nitrogens with zero attached hydrogens (tertiary/aromatic N) is 3. The minimum absolute atomic E-state index is 0.121. The molecule has 0 aliphatic heterocycles. The second-order valence-electron chi connectivity index (χ2n) is 6.18. The molecule has 0 radical (unpaired) electrons. The molecule has 8 heteroatoms. The molecule has 0 atom stereocenters. The van der Waals surface area contributed by atoms with Crippen molar-refractivity contribution in [2.24, 2.45) is 10.2 Å². The van der Waals surface area contributed by atoms with Gasteiger partial charge in [-0.2, -0.15) is 5.10 Å². The van der Waals surface area contributed by atoms with E-state index in [9.17, 15) is 9.90 Å². The van der Waals surface area contributed by atoms with Crippen molar-refractivity contribution in [2.75, 3.05) is 0 Å². The number of rotatable bonds is 4. The number of hydrogen-bond donors (Lipinski definition) is 1. The smallest absolute Gasteiger partial charge is 0.345 e. The number of para-hydroxylation sites is 1. The Bertz CT molecular complexity index is 1350. The average molecular weight is 470 g/mol. The zero-order valence-corrected chi connectivity index (χ0v) is 17.8. The summed E-state index contributed by atoms with van der Waals surface area (Å²) in [6.45, 7) is 2.59. The Balaban J connectivity index is 1.76. The molecular weight excluding hydrogens is 454 g/mol. The number of aromatic nitrogens is 1. The number of fused-ring (bicyclic) bond motifs is 1. The van der Waals surface area contributed by atoms with Crippen LogP contribution in [0.1, 0.15) is 12.5 Å². The monoisotopic (exact) mass is 469 g/mol. The van der Waals surface area contributed by atoms with Crippen molar-refractivity contribution in [1.82, 2.24) is 4.57 Å². The fourth-order valence-electron chi connectivity index (χ4n) is 2.94. The third-order valence-corrected chi connectivity index (χ3v) is 5.71. The summed E-state index contributed by atoms with van der Waals surface area (Å²) in [7, 11) is 0. The zero-order valence-electron chi connectivity index (χ0n) is 15.4. The Kier molecular flexibility index (Phi) is 5.46. The summed E-state index contributed by atoms with van der Waals surface area (Å²) in [6.07, 6.45) is 1.49. The number of hydrogen-bond acceptors (Lipinski definition) is 6. The van der Waals surface area contributed by atoms with Crippen molar-refractivity contribution in [3.8, 4) is 17.0 Å². The molecule has 1 N–H and O–H groups in total. The number of phenols is 1. The van der Waals surface area contributed by atoms with Gasteiger partial charge in [0.1, 0.15) is 11.3 Å². The molecule has 0 amide bonds. The molecule has 0 aliphatic rings. The van der Waals surface area contributed by atoms with Gasteiger partial charge < -0.3 is 14.1 Å². The largest absolute Gasteiger partial charge is 0.507 e. The summed E-state index contributed by atoms with van der Waals surface area (Å²) < 4.78 is 8.20. The van der Waals surface area contributed by atoms with Gasteiger partial charge in [-0.1, -0.05) is 34.1 Å². The second-order valence-corrected chi connectivity index (χ2v) is 7.93. The molecule has 0 saturated heterocycles. The predicted molar refractivity (Wildman–Crippen MR) is 118 cm³/mol. The lowest BCUT2D eigenvalue weighted by atomic mass is 10.1. The first-order valence-electron chi connectivity index (χ1n) is 8.84. The van der Waals surface area contributed by atoms with Crippen LogP contribution in [0.15, 0.2) is 77.8 Å². The Hall–Kier alpha value is -2.97. The lowest BCUT2D eigenvalue weighted by Crippen LogP contribution is -2.16. The Morgan fingerprint density at radius 2 is 2.07 bits per heavy atom. The van der Waals surface area contributed by atoms with Crippen molar-refractivity contribution >= 4 is 44.5 Å². The highest BCUT2D eigenvalue weighted by Crippen LogP contribution is 2.22. The van der Waals surface area contributed by atoms with Gasteiger partial charge in [0, 0.05) is 27.3 Å². The highest BCUT2D eigenvalue weighted by atomic mass is 79.9. The van der Waals surface area contributed by atoms with Gasteiger partial charge in [0.05, 0.1) is 17.5 Å². The Morgan fingerprint density at radius 3 is 2.90 bits per heavy atom. The van der Waals surface area contributed by atoms with Crippen molar-refractivity contribution < 1.29 is 9.52 Å². The van der Waals surface area contributed by atoms with Crippen LogP contribution in [0.4, 0.5) is 0 Å². The van der Waals surface area contributed by atoms with Gasteiger partial charge in [0.25, 0.3) is 0 Å². The van der Waals surface area contributed by atoms with Gasteiger partial charge >= 0.3 is 5.63 Å². The summed E-state index contributed by atoms with van der Waals surface area (Å²) in [6, 6.07) is 14.3. The maximum atomic E-state index is 12.5. The first-order chi connectivity index (χ1) is 14.1. The topological polar surface area (TPSA) is 80.1 Å². The third kappa shape index (κ3) is 3.94. The van der Waals surface area contributed by atoms with E-state index in [1.54, 1.807) is 24.3 Å². The number of phenolic OH excluding ortho intramolecular Hbond substituents is 1. The quantitative estimate of drug-likeness (QED) is 0.266. The summed E-state index contributed by atoms with van der Waals surface area (Å²) in [5.41, 5.74) is 1.94. The zero-order chi connectivity index (χ0) is 20.4. The van der Waals surface area contributed by atoms with E-state index < -0.39 is 5.63 Å². The van der Waals surface area contributed by atoms with E-state index in [4.69, 9.17) is 4.42 Å². The van der Waals surface area contributed by atoms with Gasteiger partial charge in [-0.25, -0.2) is 4.79 Å². The maximum absolute atomic E-state index is 12.5. The van der Waals surface area contributed by atoms with Gasteiger partial charge in [-0.3, -0.25) is 0 Å². The molecule has 4 aromatic rings. The lowest BCUT2D eigenvalue weighted by Gasteiger charge is -2.05. The van der Waals surface area contributed by atoms with Crippen LogP contribution in [0.5, 0.6) is 5.75 Å². The molecule has 4 rings (SSSR count). The predicted octanol–water partition coefficient (Wildman–Crippen LogP) is 4.75. The van der Waals surface area contributed by atoms with Crippen molar-refractivity contribution in [3.63, 3.8) is 0 Å². The minimum Gasteiger partial charge on any atom is -0.507 e. The normalized spacial score (nSPS) is 12.3. The summed E-state index contributed by atoms with van der Waals surface area (Å²) in [4.78, 5) is 13.2. The fourth-order valence-corrected chi connectivity index (χ4v) is 4.24. The van der Waals surface area contributed by atoms with Crippen LogP contribution in [0.25, 0.3) is 22.2 Å².